The lowest BCUT2D eigenvalue weighted by molar-refractivity contribution is -0.138. The highest BCUT2D eigenvalue weighted by Crippen LogP contribution is 2.20. The maximum absolute atomic E-state index is 12.4. The van der Waals surface area contributed by atoms with Crippen molar-refractivity contribution in [3.05, 3.63) is 25.3 Å². The first-order chi connectivity index (χ1) is 9.10. The van der Waals surface area contributed by atoms with Crippen LogP contribution in [-0.4, -0.2) is 64.1 Å². The molecular weight excluding hydrogens is 264 g/mol. The summed E-state index contributed by atoms with van der Waals surface area (Å²) in [6.45, 7) is 8.73. The molecule has 0 saturated carbocycles. The van der Waals surface area contributed by atoms with Gasteiger partial charge < -0.3 is 14.9 Å². The number of hydrogen-bond acceptors (Lipinski definition) is 3. The summed E-state index contributed by atoms with van der Waals surface area (Å²) in [5.41, 5.74) is 0. The molecule has 0 aliphatic carbocycles. The molecule has 0 spiro atoms. The number of carboxylic acids is 1. The van der Waals surface area contributed by atoms with Crippen LogP contribution in [0, 0.1) is 0 Å². The Bertz CT molecular complexity index is 350. The fraction of sp³-hybridized carbons (Fsp3) is 0.538. The summed E-state index contributed by atoms with van der Waals surface area (Å²) in [5.74, 6) is 0.649. The zero-order chi connectivity index (χ0) is 14.3. The number of urea groups is 1. The molecule has 1 unspecified atom stereocenters. The number of aliphatic carboxylic acids is 1. The van der Waals surface area contributed by atoms with Crippen molar-refractivity contribution in [3.8, 4) is 0 Å². The van der Waals surface area contributed by atoms with Crippen LogP contribution in [0.15, 0.2) is 25.3 Å². The molecule has 0 bridgehead atoms. The molecule has 5 nitrogen and oxygen atoms in total. The molecule has 106 valence electrons. The van der Waals surface area contributed by atoms with Crippen LogP contribution < -0.4 is 0 Å². The van der Waals surface area contributed by atoms with E-state index in [0.717, 1.165) is 5.75 Å². The number of hydrogen-bond donors (Lipinski definition) is 1. The summed E-state index contributed by atoms with van der Waals surface area (Å²) in [4.78, 5) is 26.6. The van der Waals surface area contributed by atoms with Crippen LogP contribution in [0.2, 0.25) is 0 Å². The van der Waals surface area contributed by atoms with E-state index in [-0.39, 0.29) is 18.5 Å². The second-order valence-electron chi connectivity index (χ2n) is 4.28. The van der Waals surface area contributed by atoms with Gasteiger partial charge in [-0.3, -0.25) is 4.79 Å². The molecule has 1 rings (SSSR count). The maximum Gasteiger partial charge on any atom is 0.320 e. The zero-order valence-corrected chi connectivity index (χ0v) is 11.8. The van der Waals surface area contributed by atoms with Crippen molar-refractivity contribution < 1.29 is 14.7 Å². The largest absolute Gasteiger partial charge is 0.481 e. The number of thioether (sulfide) groups is 1. The second kappa shape index (κ2) is 7.89. The van der Waals surface area contributed by atoms with E-state index in [1.165, 1.54) is 0 Å². The van der Waals surface area contributed by atoms with E-state index in [1.54, 1.807) is 33.7 Å². The SMILES string of the molecule is C=CCN(CC=C)C(=O)N1CCSCC1CC(=O)O. The Labute approximate surface area is 117 Å². The van der Waals surface area contributed by atoms with Gasteiger partial charge in [-0.2, -0.15) is 11.8 Å². The molecule has 19 heavy (non-hydrogen) atoms. The van der Waals surface area contributed by atoms with E-state index in [0.29, 0.717) is 25.4 Å². The van der Waals surface area contributed by atoms with Gasteiger partial charge in [0, 0.05) is 31.1 Å². The zero-order valence-electron chi connectivity index (χ0n) is 11.0. The van der Waals surface area contributed by atoms with Crippen molar-refractivity contribution in [1.82, 2.24) is 9.80 Å². The van der Waals surface area contributed by atoms with Gasteiger partial charge in [0.05, 0.1) is 12.5 Å². The lowest BCUT2D eigenvalue weighted by atomic mass is 10.2. The fourth-order valence-electron chi connectivity index (χ4n) is 2.00. The molecule has 0 aromatic heterocycles. The first-order valence-corrected chi connectivity index (χ1v) is 7.32. The van der Waals surface area contributed by atoms with Gasteiger partial charge in [-0.1, -0.05) is 12.2 Å². The van der Waals surface area contributed by atoms with Crippen LogP contribution in [0.5, 0.6) is 0 Å². The van der Waals surface area contributed by atoms with Crippen LogP contribution >= 0.6 is 11.8 Å². The number of carbonyl (C=O) groups excluding carboxylic acids is 1. The van der Waals surface area contributed by atoms with Crippen molar-refractivity contribution in [1.29, 1.82) is 0 Å². The Balaban J connectivity index is 2.76. The lowest BCUT2D eigenvalue weighted by Crippen LogP contribution is -2.52. The Morgan fingerprint density at radius 3 is 2.53 bits per heavy atom. The molecule has 1 aliphatic heterocycles. The smallest absolute Gasteiger partial charge is 0.320 e. The van der Waals surface area contributed by atoms with Crippen LogP contribution in [-0.2, 0) is 4.79 Å². The molecule has 1 saturated heterocycles. The van der Waals surface area contributed by atoms with Crippen molar-refractivity contribution in [3.63, 3.8) is 0 Å². The standard InChI is InChI=1S/C13H20N2O3S/c1-3-5-14(6-4-2)13(18)15-7-8-19-10-11(15)9-12(16)17/h3-4,11H,1-2,5-10H2,(H,16,17). The second-order valence-corrected chi connectivity index (χ2v) is 5.43. The normalized spacial score (nSPS) is 18.7. The summed E-state index contributed by atoms with van der Waals surface area (Å²) in [6.07, 6.45) is 3.31. The van der Waals surface area contributed by atoms with Crippen LogP contribution in [0.4, 0.5) is 4.79 Å². The van der Waals surface area contributed by atoms with Gasteiger partial charge in [0.15, 0.2) is 0 Å². The fourth-order valence-corrected chi connectivity index (χ4v) is 3.06. The van der Waals surface area contributed by atoms with Crippen molar-refractivity contribution >= 4 is 23.8 Å². The quantitative estimate of drug-likeness (QED) is 0.754. The number of rotatable bonds is 6. The molecule has 2 amide bonds. The molecular formula is C13H20N2O3S. The third-order valence-corrected chi connectivity index (χ3v) is 3.94. The van der Waals surface area contributed by atoms with Gasteiger partial charge in [0.25, 0.3) is 0 Å². The van der Waals surface area contributed by atoms with E-state index in [9.17, 15) is 9.59 Å². The van der Waals surface area contributed by atoms with Gasteiger partial charge in [-0.05, 0) is 0 Å². The minimum absolute atomic E-state index is 0.00520. The third kappa shape index (κ3) is 4.63. The average Bonchev–Trinajstić information content (AvgIpc) is 2.38. The number of amides is 2. The first-order valence-electron chi connectivity index (χ1n) is 6.17. The molecule has 0 radical (unpaired) electrons. The van der Waals surface area contributed by atoms with Crippen molar-refractivity contribution in [2.75, 3.05) is 31.1 Å². The summed E-state index contributed by atoms with van der Waals surface area (Å²) < 4.78 is 0. The van der Waals surface area contributed by atoms with E-state index >= 15 is 0 Å². The van der Waals surface area contributed by atoms with Crippen LogP contribution in [0.3, 0.4) is 0 Å². The van der Waals surface area contributed by atoms with E-state index in [1.807, 2.05) is 0 Å². The monoisotopic (exact) mass is 284 g/mol. The molecule has 0 aromatic rings. The number of carboxylic acid groups (broad SMARTS) is 1. The molecule has 1 heterocycles. The van der Waals surface area contributed by atoms with Gasteiger partial charge in [-0.25, -0.2) is 4.79 Å². The summed E-state index contributed by atoms with van der Waals surface area (Å²) >= 11 is 1.69. The summed E-state index contributed by atoms with van der Waals surface area (Å²) in [6, 6.07) is -0.368. The topological polar surface area (TPSA) is 60.9 Å². The highest BCUT2D eigenvalue weighted by molar-refractivity contribution is 7.99. The molecule has 1 N–H and O–H groups in total. The maximum atomic E-state index is 12.4. The molecule has 1 aliphatic rings. The van der Waals surface area contributed by atoms with Gasteiger partial charge >= 0.3 is 12.0 Å². The lowest BCUT2D eigenvalue weighted by Gasteiger charge is -2.37. The molecule has 1 fully saturated rings. The third-order valence-electron chi connectivity index (χ3n) is 2.85. The van der Waals surface area contributed by atoms with Gasteiger partial charge in [0.1, 0.15) is 0 Å². The highest BCUT2D eigenvalue weighted by atomic mass is 32.2. The van der Waals surface area contributed by atoms with Crippen LogP contribution in [0.1, 0.15) is 6.42 Å². The number of nitrogens with zero attached hydrogens (tertiary/aromatic N) is 2. The van der Waals surface area contributed by atoms with E-state index < -0.39 is 5.97 Å². The minimum atomic E-state index is -0.871. The first kappa shape index (κ1) is 15.6. The summed E-state index contributed by atoms with van der Waals surface area (Å²) in [5, 5.41) is 8.92. The van der Waals surface area contributed by atoms with Crippen molar-refractivity contribution in [2.24, 2.45) is 0 Å². The predicted molar refractivity (Wildman–Crippen MR) is 77.4 cm³/mol. The highest BCUT2D eigenvalue weighted by Gasteiger charge is 2.30. The molecule has 1 atom stereocenters. The predicted octanol–water partition coefficient (Wildman–Crippen LogP) is 1.67. The van der Waals surface area contributed by atoms with Crippen LogP contribution in [0.25, 0.3) is 0 Å². The minimum Gasteiger partial charge on any atom is -0.481 e. The number of carbonyl (C=O) groups is 2. The Hall–Kier alpha value is -1.43. The summed E-state index contributed by atoms with van der Waals surface area (Å²) in [7, 11) is 0. The van der Waals surface area contributed by atoms with E-state index in [4.69, 9.17) is 5.11 Å². The molecule has 0 aromatic carbocycles. The Kier molecular flexibility index (Phi) is 6.49. The van der Waals surface area contributed by atoms with E-state index in [2.05, 4.69) is 13.2 Å². The Morgan fingerprint density at radius 1 is 1.37 bits per heavy atom. The molecule has 6 heteroatoms. The average molecular weight is 284 g/mol. The van der Waals surface area contributed by atoms with Gasteiger partial charge in [-0.15, -0.1) is 13.2 Å². The van der Waals surface area contributed by atoms with Gasteiger partial charge in [0.2, 0.25) is 0 Å². The Morgan fingerprint density at radius 2 is 2.00 bits per heavy atom. The van der Waals surface area contributed by atoms with Crippen molar-refractivity contribution in [2.45, 2.75) is 12.5 Å².